The van der Waals surface area contributed by atoms with Gasteiger partial charge in [0.2, 0.25) is 0 Å². The Morgan fingerprint density at radius 2 is 2.08 bits per heavy atom. The highest BCUT2D eigenvalue weighted by Crippen LogP contribution is 2.27. The summed E-state index contributed by atoms with van der Waals surface area (Å²) in [5.74, 6) is 0.899. The van der Waals surface area contributed by atoms with Gasteiger partial charge in [-0.3, -0.25) is 0 Å². The number of rotatable bonds is 4. The van der Waals surface area contributed by atoms with Crippen LogP contribution in [0.4, 0.5) is 0 Å². The van der Waals surface area contributed by atoms with E-state index < -0.39 is 0 Å². The molecule has 2 N–H and O–H groups in total. The lowest BCUT2D eigenvalue weighted by Crippen LogP contribution is -2.34. The number of pyridine rings is 1. The summed E-state index contributed by atoms with van der Waals surface area (Å²) in [6, 6.07) is 12.9. The van der Waals surface area contributed by atoms with E-state index in [4.69, 9.17) is 4.74 Å². The maximum atomic E-state index is 5.25. The van der Waals surface area contributed by atoms with Crippen LogP contribution in [0.3, 0.4) is 0 Å². The van der Waals surface area contributed by atoms with Crippen molar-refractivity contribution < 1.29 is 4.74 Å². The van der Waals surface area contributed by atoms with Crippen molar-refractivity contribution in [2.75, 3.05) is 13.7 Å². The molecule has 3 heterocycles. The number of aromatic nitrogens is 2. The molecule has 1 aliphatic heterocycles. The highest BCUT2D eigenvalue weighted by Gasteiger charge is 2.18. The van der Waals surface area contributed by atoms with Crippen LogP contribution in [0.2, 0.25) is 0 Å². The van der Waals surface area contributed by atoms with Gasteiger partial charge in [-0.15, -0.1) is 0 Å². The molecular weight excluding hydrogens is 298 g/mol. The van der Waals surface area contributed by atoms with Gasteiger partial charge in [0, 0.05) is 30.4 Å². The molecular formula is C20H21N3O. The lowest BCUT2D eigenvalue weighted by atomic mass is 9.92. The number of fused-ring (bicyclic) bond motifs is 1. The van der Waals surface area contributed by atoms with Crippen molar-refractivity contribution in [2.45, 2.75) is 18.9 Å². The molecule has 4 rings (SSSR count). The maximum Gasteiger partial charge on any atom is 0.137 e. The van der Waals surface area contributed by atoms with Crippen LogP contribution >= 0.6 is 0 Å². The highest BCUT2D eigenvalue weighted by atomic mass is 16.5. The van der Waals surface area contributed by atoms with Gasteiger partial charge in [-0.05, 0) is 53.8 Å². The Balaban J connectivity index is 1.50. The number of benzene rings is 1. The number of aromatic amines is 1. The molecule has 4 heteroatoms. The first-order valence-electron chi connectivity index (χ1n) is 8.31. The second kappa shape index (κ2) is 6.49. The van der Waals surface area contributed by atoms with Gasteiger partial charge in [0.1, 0.15) is 11.4 Å². The van der Waals surface area contributed by atoms with Crippen LogP contribution in [0.15, 0.2) is 54.9 Å². The fourth-order valence-corrected chi connectivity index (χ4v) is 3.40. The molecule has 0 aliphatic carbocycles. The number of ether oxygens (including phenoxy) is 1. The summed E-state index contributed by atoms with van der Waals surface area (Å²) in [5.41, 5.74) is 4.98. The standard InChI is InChI=1S/C20H21N3O/c1-24-18-6-4-14(5-7-18)15-8-10-21-17(11-15)12-16-13-23-20-19(16)3-2-9-22-20/h2-9,13,17,21H,10-12H2,1H3,(H,22,23). The van der Waals surface area contributed by atoms with E-state index in [2.05, 4.69) is 45.8 Å². The van der Waals surface area contributed by atoms with Gasteiger partial charge in [0.25, 0.3) is 0 Å². The third-order valence-electron chi connectivity index (χ3n) is 4.69. The lowest BCUT2D eigenvalue weighted by molar-refractivity contribution is 0.414. The van der Waals surface area contributed by atoms with E-state index in [0.717, 1.165) is 30.8 Å². The van der Waals surface area contributed by atoms with Crippen LogP contribution in [0.1, 0.15) is 17.5 Å². The van der Waals surface area contributed by atoms with Gasteiger partial charge >= 0.3 is 0 Å². The third kappa shape index (κ3) is 2.93. The Morgan fingerprint density at radius 1 is 1.21 bits per heavy atom. The molecule has 0 amide bonds. The zero-order valence-electron chi connectivity index (χ0n) is 13.8. The molecule has 1 unspecified atom stereocenters. The maximum absolute atomic E-state index is 5.25. The lowest BCUT2D eigenvalue weighted by Gasteiger charge is -2.24. The van der Waals surface area contributed by atoms with E-state index in [1.165, 1.54) is 22.1 Å². The average Bonchev–Trinajstić information content (AvgIpc) is 3.05. The highest BCUT2D eigenvalue weighted by molar-refractivity contribution is 5.79. The zero-order chi connectivity index (χ0) is 16.4. The number of nitrogens with zero attached hydrogens (tertiary/aromatic N) is 1. The Labute approximate surface area is 141 Å². The van der Waals surface area contributed by atoms with E-state index in [0.29, 0.717) is 6.04 Å². The van der Waals surface area contributed by atoms with Crippen LogP contribution in [-0.2, 0) is 6.42 Å². The molecule has 0 radical (unpaired) electrons. The Kier molecular flexibility index (Phi) is 4.05. The van der Waals surface area contributed by atoms with Crippen molar-refractivity contribution >= 4 is 16.6 Å². The van der Waals surface area contributed by atoms with E-state index in [9.17, 15) is 0 Å². The minimum absolute atomic E-state index is 0.436. The quantitative estimate of drug-likeness (QED) is 0.773. The van der Waals surface area contributed by atoms with Gasteiger partial charge in [0.15, 0.2) is 0 Å². The second-order valence-corrected chi connectivity index (χ2v) is 6.18. The summed E-state index contributed by atoms with van der Waals surface area (Å²) in [7, 11) is 1.70. The van der Waals surface area contributed by atoms with Crippen molar-refractivity contribution in [2.24, 2.45) is 0 Å². The first-order chi connectivity index (χ1) is 11.8. The average molecular weight is 319 g/mol. The van der Waals surface area contributed by atoms with Crippen LogP contribution in [0.25, 0.3) is 16.6 Å². The van der Waals surface area contributed by atoms with Gasteiger partial charge in [0.05, 0.1) is 7.11 Å². The fraction of sp³-hybridized carbons (Fsp3) is 0.250. The second-order valence-electron chi connectivity index (χ2n) is 6.18. The fourth-order valence-electron chi connectivity index (χ4n) is 3.40. The molecule has 1 aliphatic rings. The van der Waals surface area contributed by atoms with Crippen LogP contribution in [0.5, 0.6) is 5.75 Å². The number of H-pyrrole nitrogens is 1. The van der Waals surface area contributed by atoms with Gasteiger partial charge in [-0.25, -0.2) is 4.98 Å². The molecule has 1 aromatic carbocycles. The monoisotopic (exact) mass is 319 g/mol. The van der Waals surface area contributed by atoms with Crippen LogP contribution < -0.4 is 10.1 Å². The topological polar surface area (TPSA) is 49.9 Å². The molecule has 0 bridgehead atoms. The molecule has 4 nitrogen and oxygen atoms in total. The summed E-state index contributed by atoms with van der Waals surface area (Å²) in [4.78, 5) is 7.64. The first kappa shape index (κ1) is 15.0. The predicted molar refractivity (Wildman–Crippen MR) is 97.2 cm³/mol. The molecule has 1 atom stereocenters. The number of hydrogen-bond acceptors (Lipinski definition) is 3. The van der Waals surface area contributed by atoms with Gasteiger partial charge < -0.3 is 15.0 Å². The molecule has 0 fully saturated rings. The van der Waals surface area contributed by atoms with Crippen molar-refractivity contribution in [3.63, 3.8) is 0 Å². The summed E-state index contributed by atoms with van der Waals surface area (Å²) in [6.07, 6.45) is 8.23. The molecule has 3 aromatic rings. The van der Waals surface area contributed by atoms with E-state index in [1.807, 2.05) is 24.4 Å². The van der Waals surface area contributed by atoms with Gasteiger partial charge in [-0.2, -0.15) is 0 Å². The van der Waals surface area contributed by atoms with Crippen molar-refractivity contribution in [1.29, 1.82) is 0 Å². The predicted octanol–water partition coefficient (Wildman–Crippen LogP) is 3.56. The van der Waals surface area contributed by atoms with Gasteiger partial charge in [-0.1, -0.05) is 18.2 Å². The zero-order valence-corrected chi connectivity index (χ0v) is 13.8. The SMILES string of the molecule is COc1ccc(C2=CCNC(Cc3c[nH]c4ncccc34)C2)cc1. The van der Waals surface area contributed by atoms with Crippen LogP contribution in [-0.4, -0.2) is 29.7 Å². The summed E-state index contributed by atoms with van der Waals surface area (Å²) >= 11 is 0. The van der Waals surface area contributed by atoms with E-state index in [1.54, 1.807) is 7.11 Å². The minimum atomic E-state index is 0.436. The van der Waals surface area contributed by atoms with Crippen LogP contribution in [0, 0.1) is 0 Å². The Bertz CT molecular complexity index is 864. The molecule has 0 saturated heterocycles. The summed E-state index contributed by atoms with van der Waals surface area (Å²) < 4.78 is 5.25. The number of nitrogens with one attached hydrogen (secondary N) is 2. The molecule has 122 valence electrons. The van der Waals surface area contributed by atoms with E-state index in [-0.39, 0.29) is 0 Å². The van der Waals surface area contributed by atoms with Crippen molar-refractivity contribution in [1.82, 2.24) is 15.3 Å². The molecule has 0 saturated carbocycles. The molecule has 2 aromatic heterocycles. The summed E-state index contributed by atoms with van der Waals surface area (Å²) in [6.45, 7) is 0.909. The minimum Gasteiger partial charge on any atom is -0.497 e. The largest absolute Gasteiger partial charge is 0.497 e. The van der Waals surface area contributed by atoms with Crippen molar-refractivity contribution in [3.05, 3.63) is 66.0 Å². The number of methoxy groups -OCH3 is 1. The third-order valence-corrected chi connectivity index (χ3v) is 4.69. The van der Waals surface area contributed by atoms with Crippen molar-refractivity contribution in [3.8, 4) is 5.75 Å². The summed E-state index contributed by atoms with van der Waals surface area (Å²) in [5, 5.41) is 4.83. The first-order valence-corrected chi connectivity index (χ1v) is 8.31. The number of hydrogen-bond donors (Lipinski definition) is 2. The normalized spacial score (nSPS) is 17.7. The van der Waals surface area contributed by atoms with E-state index >= 15 is 0 Å². The Hall–Kier alpha value is -2.59. The Morgan fingerprint density at radius 3 is 2.92 bits per heavy atom. The molecule has 0 spiro atoms. The smallest absolute Gasteiger partial charge is 0.137 e. The molecule has 24 heavy (non-hydrogen) atoms.